The molecule has 56 valence electrons. The van der Waals surface area contributed by atoms with Gasteiger partial charge in [-0.15, -0.1) is 0 Å². The van der Waals surface area contributed by atoms with Crippen molar-refractivity contribution in [3.63, 3.8) is 0 Å². The Kier molecular flexibility index (Phi) is 1.47. The normalized spacial score (nSPS) is 10.4. The standard InChI is InChI=1S/C8H13NO/c1-5-6(2)8(10)9(4)7(5)3/h10H,1-4H3. The Hall–Kier alpha value is -0.920. The second-order valence-corrected chi connectivity index (χ2v) is 2.72. The first-order valence-electron chi connectivity index (χ1n) is 3.37. The third-order valence-corrected chi connectivity index (χ3v) is 2.26. The maximum absolute atomic E-state index is 9.37. The van der Waals surface area contributed by atoms with Crippen molar-refractivity contribution < 1.29 is 5.11 Å². The Morgan fingerprint density at radius 1 is 1.10 bits per heavy atom. The fourth-order valence-corrected chi connectivity index (χ4v) is 1.10. The van der Waals surface area contributed by atoms with Gasteiger partial charge in [-0.1, -0.05) is 0 Å². The fourth-order valence-electron chi connectivity index (χ4n) is 1.10. The Morgan fingerprint density at radius 3 is 1.70 bits per heavy atom. The Balaban J connectivity index is 3.44. The van der Waals surface area contributed by atoms with Gasteiger partial charge in [-0.25, -0.2) is 0 Å². The molecule has 10 heavy (non-hydrogen) atoms. The number of aromatic hydroxyl groups is 1. The van der Waals surface area contributed by atoms with E-state index in [1.165, 1.54) is 5.56 Å². The zero-order valence-electron chi connectivity index (χ0n) is 6.89. The van der Waals surface area contributed by atoms with Gasteiger partial charge in [0.05, 0.1) is 0 Å². The molecule has 1 heterocycles. The first kappa shape index (κ1) is 7.19. The molecule has 0 spiro atoms. The summed E-state index contributed by atoms with van der Waals surface area (Å²) in [6.07, 6.45) is 0. The molecule has 0 unspecified atom stereocenters. The molecule has 2 heteroatoms. The van der Waals surface area contributed by atoms with E-state index < -0.39 is 0 Å². The van der Waals surface area contributed by atoms with Gasteiger partial charge in [0.15, 0.2) is 5.88 Å². The van der Waals surface area contributed by atoms with Crippen LogP contribution in [0.3, 0.4) is 0 Å². The van der Waals surface area contributed by atoms with Crippen LogP contribution in [0.1, 0.15) is 16.8 Å². The van der Waals surface area contributed by atoms with Crippen molar-refractivity contribution in [2.45, 2.75) is 20.8 Å². The number of rotatable bonds is 0. The molecule has 0 amide bonds. The van der Waals surface area contributed by atoms with Gasteiger partial charge in [-0.05, 0) is 26.3 Å². The first-order valence-corrected chi connectivity index (χ1v) is 3.37. The molecule has 1 N–H and O–H groups in total. The number of nitrogens with zero attached hydrogens (tertiary/aromatic N) is 1. The van der Waals surface area contributed by atoms with Gasteiger partial charge in [-0.3, -0.25) is 0 Å². The van der Waals surface area contributed by atoms with Crippen LogP contribution in [-0.4, -0.2) is 9.67 Å². The summed E-state index contributed by atoms with van der Waals surface area (Å²) in [5.41, 5.74) is 3.30. The minimum Gasteiger partial charge on any atom is -0.494 e. The summed E-state index contributed by atoms with van der Waals surface area (Å²) < 4.78 is 1.80. The predicted octanol–water partition coefficient (Wildman–Crippen LogP) is 1.66. The highest BCUT2D eigenvalue weighted by molar-refractivity contribution is 5.38. The van der Waals surface area contributed by atoms with Crippen molar-refractivity contribution in [3.8, 4) is 5.88 Å². The lowest BCUT2D eigenvalue weighted by atomic mass is 10.2. The topological polar surface area (TPSA) is 25.2 Å². The predicted molar refractivity (Wildman–Crippen MR) is 41.3 cm³/mol. The lowest BCUT2D eigenvalue weighted by Crippen LogP contribution is -1.89. The van der Waals surface area contributed by atoms with Crippen molar-refractivity contribution in [3.05, 3.63) is 16.8 Å². The summed E-state index contributed by atoms with van der Waals surface area (Å²) in [6.45, 7) is 5.95. The van der Waals surface area contributed by atoms with Crippen LogP contribution < -0.4 is 0 Å². The zero-order valence-corrected chi connectivity index (χ0v) is 6.89. The van der Waals surface area contributed by atoms with E-state index in [4.69, 9.17) is 0 Å². The molecule has 0 aliphatic rings. The number of hydrogen-bond donors (Lipinski definition) is 1. The molecule has 1 aromatic heterocycles. The SMILES string of the molecule is Cc1c(C)c(O)n(C)c1C. The lowest BCUT2D eigenvalue weighted by molar-refractivity contribution is 0.426. The molecule has 0 atom stereocenters. The van der Waals surface area contributed by atoms with Gasteiger partial charge in [0.1, 0.15) is 0 Å². The molecule has 0 bridgehead atoms. The van der Waals surface area contributed by atoms with Gasteiger partial charge in [-0.2, -0.15) is 0 Å². The molecule has 0 aliphatic heterocycles. The van der Waals surface area contributed by atoms with Crippen LogP contribution in [-0.2, 0) is 7.05 Å². The maximum atomic E-state index is 9.37. The van der Waals surface area contributed by atoms with E-state index in [9.17, 15) is 5.11 Å². The van der Waals surface area contributed by atoms with Gasteiger partial charge in [0.25, 0.3) is 0 Å². The van der Waals surface area contributed by atoms with Crippen LogP contribution in [0.25, 0.3) is 0 Å². The highest BCUT2D eigenvalue weighted by Gasteiger charge is 2.08. The Morgan fingerprint density at radius 2 is 1.60 bits per heavy atom. The lowest BCUT2D eigenvalue weighted by Gasteiger charge is -1.96. The van der Waals surface area contributed by atoms with Crippen LogP contribution in [0.4, 0.5) is 0 Å². The molecule has 0 radical (unpaired) electrons. The quantitative estimate of drug-likeness (QED) is 0.581. The Labute approximate surface area is 61.1 Å². The van der Waals surface area contributed by atoms with Crippen molar-refractivity contribution in [1.82, 2.24) is 4.57 Å². The third kappa shape index (κ3) is 0.719. The molecule has 0 saturated heterocycles. The molecular weight excluding hydrogens is 126 g/mol. The molecule has 1 aromatic rings. The number of hydrogen-bond acceptors (Lipinski definition) is 1. The van der Waals surface area contributed by atoms with Crippen molar-refractivity contribution >= 4 is 0 Å². The highest BCUT2D eigenvalue weighted by atomic mass is 16.3. The summed E-state index contributed by atoms with van der Waals surface area (Å²) in [6, 6.07) is 0. The molecule has 0 aromatic carbocycles. The molecule has 0 fully saturated rings. The smallest absolute Gasteiger partial charge is 0.194 e. The van der Waals surface area contributed by atoms with E-state index in [0.29, 0.717) is 5.88 Å². The van der Waals surface area contributed by atoms with Gasteiger partial charge >= 0.3 is 0 Å². The molecule has 1 rings (SSSR count). The third-order valence-electron chi connectivity index (χ3n) is 2.26. The zero-order chi connectivity index (χ0) is 7.89. The summed E-state index contributed by atoms with van der Waals surface area (Å²) in [5, 5.41) is 9.37. The minimum atomic E-state index is 0.384. The summed E-state index contributed by atoms with van der Waals surface area (Å²) in [7, 11) is 1.87. The van der Waals surface area contributed by atoms with Crippen molar-refractivity contribution in [1.29, 1.82) is 0 Å². The Bertz CT molecular complexity index is 180. The molecular formula is C8H13NO. The van der Waals surface area contributed by atoms with Crippen molar-refractivity contribution in [2.75, 3.05) is 0 Å². The van der Waals surface area contributed by atoms with Crippen LogP contribution >= 0.6 is 0 Å². The van der Waals surface area contributed by atoms with E-state index in [0.717, 1.165) is 11.3 Å². The van der Waals surface area contributed by atoms with E-state index in [-0.39, 0.29) is 0 Å². The van der Waals surface area contributed by atoms with E-state index in [1.807, 2.05) is 27.8 Å². The summed E-state index contributed by atoms with van der Waals surface area (Å²) >= 11 is 0. The van der Waals surface area contributed by atoms with Gasteiger partial charge in [0.2, 0.25) is 0 Å². The fraction of sp³-hybridized carbons (Fsp3) is 0.500. The van der Waals surface area contributed by atoms with Gasteiger partial charge < -0.3 is 9.67 Å². The largest absolute Gasteiger partial charge is 0.494 e. The molecule has 0 saturated carbocycles. The van der Waals surface area contributed by atoms with E-state index in [1.54, 1.807) is 4.57 Å². The summed E-state index contributed by atoms with van der Waals surface area (Å²) in [4.78, 5) is 0. The molecule has 0 aliphatic carbocycles. The monoisotopic (exact) mass is 139 g/mol. The second kappa shape index (κ2) is 2.04. The number of aromatic nitrogens is 1. The van der Waals surface area contributed by atoms with E-state index in [2.05, 4.69) is 0 Å². The average Bonchev–Trinajstić information content (AvgIpc) is 2.07. The van der Waals surface area contributed by atoms with Crippen LogP contribution in [0.5, 0.6) is 5.88 Å². The van der Waals surface area contributed by atoms with Crippen molar-refractivity contribution in [2.24, 2.45) is 7.05 Å². The summed E-state index contributed by atoms with van der Waals surface area (Å²) in [5.74, 6) is 0.384. The second-order valence-electron chi connectivity index (χ2n) is 2.72. The van der Waals surface area contributed by atoms with Crippen LogP contribution in [0.2, 0.25) is 0 Å². The van der Waals surface area contributed by atoms with Gasteiger partial charge in [0, 0.05) is 18.3 Å². The van der Waals surface area contributed by atoms with E-state index >= 15 is 0 Å². The van der Waals surface area contributed by atoms with Crippen LogP contribution in [0, 0.1) is 20.8 Å². The average molecular weight is 139 g/mol. The molecule has 2 nitrogen and oxygen atoms in total. The first-order chi connectivity index (χ1) is 4.55. The maximum Gasteiger partial charge on any atom is 0.194 e. The highest BCUT2D eigenvalue weighted by Crippen LogP contribution is 2.24. The minimum absolute atomic E-state index is 0.384. The van der Waals surface area contributed by atoms with Crippen LogP contribution in [0.15, 0.2) is 0 Å².